The highest BCUT2D eigenvalue weighted by atomic mass is 31.2. The fourth-order valence-electron chi connectivity index (χ4n) is 3.89. The Balaban J connectivity index is 1.54. The Bertz CT molecular complexity index is 1630. The lowest BCUT2D eigenvalue weighted by Crippen LogP contribution is -2.24. The zero-order valence-corrected chi connectivity index (χ0v) is 21.7. The number of nitrogens with one attached hydrogen (secondary N) is 2. The second-order valence-corrected chi connectivity index (χ2v) is 10.2. The van der Waals surface area contributed by atoms with Crippen molar-refractivity contribution in [2.75, 3.05) is 5.32 Å². The molecule has 0 radical (unpaired) electrons. The van der Waals surface area contributed by atoms with Crippen molar-refractivity contribution < 1.29 is 22.9 Å². The van der Waals surface area contributed by atoms with Gasteiger partial charge in [0.05, 0.1) is 18.7 Å². The SMILES string of the molecule is O=C(Nc1ccccc1)c1c(OP(=O)(OCc2ccccc2)OCc2ccccc2)c2ccccc2[nH]c1=O. The normalized spacial score (nSPS) is 11.3. The van der Waals surface area contributed by atoms with Gasteiger partial charge < -0.3 is 14.8 Å². The fraction of sp³-hybridized carbons (Fsp3) is 0.0667. The Morgan fingerprint density at radius 1 is 0.718 bits per heavy atom. The van der Waals surface area contributed by atoms with Crippen LogP contribution in [0.1, 0.15) is 21.5 Å². The number of benzene rings is 4. The van der Waals surface area contributed by atoms with E-state index in [-0.39, 0.29) is 24.5 Å². The molecule has 0 aliphatic heterocycles. The van der Waals surface area contributed by atoms with Gasteiger partial charge in [0.2, 0.25) is 0 Å². The van der Waals surface area contributed by atoms with Crippen LogP contribution in [-0.2, 0) is 26.8 Å². The topological polar surface area (TPSA) is 107 Å². The number of hydrogen-bond donors (Lipinski definition) is 2. The minimum Gasteiger partial charge on any atom is -0.402 e. The fourth-order valence-corrected chi connectivity index (χ4v) is 5.09. The van der Waals surface area contributed by atoms with Crippen molar-refractivity contribution in [2.24, 2.45) is 0 Å². The average Bonchev–Trinajstić information content (AvgIpc) is 2.97. The molecule has 0 spiro atoms. The molecule has 0 unspecified atom stereocenters. The van der Waals surface area contributed by atoms with Crippen LogP contribution in [0.25, 0.3) is 10.9 Å². The highest BCUT2D eigenvalue weighted by Gasteiger charge is 2.33. The molecule has 5 rings (SSSR count). The van der Waals surface area contributed by atoms with Crippen molar-refractivity contribution >= 4 is 30.3 Å². The van der Waals surface area contributed by atoms with Crippen LogP contribution in [0.4, 0.5) is 5.69 Å². The highest BCUT2D eigenvalue weighted by molar-refractivity contribution is 7.48. The first kappa shape index (κ1) is 26.1. The molecule has 1 amide bonds. The number of amides is 1. The van der Waals surface area contributed by atoms with Crippen molar-refractivity contribution in [1.82, 2.24) is 4.98 Å². The molecule has 9 heteroatoms. The van der Waals surface area contributed by atoms with Gasteiger partial charge in [-0.15, -0.1) is 0 Å². The van der Waals surface area contributed by atoms with Crippen molar-refractivity contribution in [3.63, 3.8) is 0 Å². The van der Waals surface area contributed by atoms with Crippen LogP contribution >= 0.6 is 7.82 Å². The van der Waals surface area contributed by atoms with E-state index in [1.165, 1.54) is 0 Å². The van der Waals surface area contributed by atoms with Crippen LogP contribution in [0.5, 0.6) is 5.75 Å². The number of phosphoric ester groups is 1. The number of rotatable bonds is 10. The minimum atomic E-state index is -4.38. The molecular weight excluding hydrogens is 515 g/mol. The van der Waals surface area contributed by atoms with Gasteiger partial charge in [-0.1, -0.05) is 91.0 Å². The van der Waals surface area contributed by atoms with Gasteiger partial charge in [0.15, 0.2) is 5.75 Å². The summed E-state index contributed by atoms with van der Waals surface area (Å²) in [4.78, 5) is 29.2. The molecule has 5 aromatic rings. The van der Waals surface area contributed by atoms with Gasteiger partial charge in [-0.2, -0.15) is 0 Å². The van der Waals surface area contributed by atoms with Gasteiger partial charge in [0.25, 0.3) is 11.5 Å². The van der Waals surface area contributed by atoms with Gasteiger partial charge in [-0.25, -0.2) is 4.57 Å². The summed E-state index contributed by atoms with van der Waals surface area (Å²) in [6, 6.07) is 33.7. The molecule has 39 heavy (non-hydrogen) atoms. The largest absolute Gasteiger partial charge is 0.530 e. The van der Waals surface area contributed by atoms with E-state index in [1.807, 2.05) is 60.7 Å². The molecule has 196 valence electrons. The summed E-state index contributed by atoms with van der Waals surface area (Å²) < 4.78 is 31.6. The first-order valence-electron chi connectivity index (χ1n) is 12.2. The summed E-state index contributed by atoms with van der Waals surface area (Å²) in [5.74, 6) is -0.937. The van der Waals surface area contributed by atoms with Crippen LogP contribution in [-0.4, -0.2) is 10.9 Å². The maximum Gasteiger partial charge on any atom is 0.530 e. The van der Waals surface area contributed by atoms with E-state index < -0.39 is 19.3 Å². The molecule has 0 aliphatic carbocycles. The van der Waals surface area contributed by atoms with E-state index in [2.05, 4.69) is 10.3 Å². The van der Waals surface area contributed by atoms with Crippen molar-refractivity contribution in [2.45, 2.75) is 13.2 Å². The van der Waals surface area contributed by atoms with Gasteiger partial charge in [0, 0.05) is 11.1 Å². The van der Waals surface area contributed by atoms with Crippen LogP contribution in [0.3, 0.4) is 0 Å². The summed E-state index contributed by atoms with van der Waals surface area (Å²) in [5, 5.41) is 3.06. The molecule has 0 fully saturated rings. The van der Waals surface area contributed by atoms with E-state index in [0.29, 0.717) is 16.6 Å². The molecule has 8 nitrogen and oxygen atoms in total. The Kier molecular flexibility index (Phi) is 7.99. The second-order valence-electron chi connectivity index (χ2n) is 8.58. The summed E-state index contributed by atoms with van der Waals surface area (Å²) in [7, 11) is -4.38. The second kappa shape index (κ2) is 11.9. The Hall–Kier alpha value is -4.49. The number of hydrogen-bond acceptors (Lipinski definition) is 6. The maximum absolute atomic E-state index is 14.1. The lowest BCUT2D eigenvalue weighted by molar-refractivity contribution is 0.102. The maximum atomic E-state index is 14.1. The van der Waals surface area contributed by atoms with Crippen LogP contribution in [0.15, 0.2) is 120 Å². The molecule has 4 aromatic carbocycles. The Morgan fingerprint density at radius 3 is 1.82 bits per heavy atom. The molecular formula is C30H25N2O6P. The number of phosphoric acid groups is 1. The van der Waals surface area contributed by atoms with Crippen LogP contribution < -0.4 is 15.4 Å². The van der Waals surface area contributed by atoms with E-state index in [0.717, 1.165) is 11.1 Å². The third kappa shape index (κ3) is 6.51. The number of carbonyl (C=O) groups excluding carboxylic acids is 1. The summed E-state index contributed by atoms with van der Waals surface area (Å²) in [6.45, 7) is -0.168. The number of aromatic amines is 1. The molecule has 2 N–H and O–H groups in total. The molecule has 0 saturated heterocycles. The Morgan fingerprint density at radius 2 is 1.23 bits per heavy atom. The van der Waals surface area contributed by atoms with E-state index in [1.54, 1.807) is 54.6 Å². The monoisotopic (exact) mass is 540 g/mol. The first-order valence-corrected chi connectivity index (χ1v) is 13.6. The third-order valence-electron chi connectivity index (χ3n) is 5.80. The van der Waals surface area contributed by atoms with Gasteiger partial charge in [0.1, 0.15) is 5.56 Å². The number of carbonyl (C=O) groups is 1. The van der Waals surface area contributed by atoms with E-state index >= 15 is 0 Å². The van der Waals surface area contributed by atoms with E-state index in [9.17, 15) is 14.2 Å². The minimum absolute atomic E-state index is 0.0838. The summed E-state index contributed by atoms with van der Waals surface area (Å²) in [5.41, 5.74) is 1.28. The molecule has 1 aromatic heterocycles. The van der Waals surface area contributed by atoms with Crippen molar-refractivity contribution in [3.05, 3.63) is 142 Å². The first-order chi connectivity index (χ1) is 19.0. The molecule has 1 heterocycles. The average molecular weight is 541 g/mol. The van der Waals surface area contributed by atoms with Gasteiger partial charge >= 0.3 is 7.82 Å². The van der Waals surface area contributed by atoms with Crippen LogP contribution in [0, 0.1) is 0 Å². The highest BCUT2D eigenvalue weighted by Crippen LogP contribution is 2.52. The standard InChI is InChI=1S/C30H25N2O6P/c33-29(31-24-16-8-3-9-17-24)27-28(25-18-10-11-19-26(25)32-30(27)34)38-39(35,36-20-22-12-4-1-5-13-22)37-21-23-14-6-2-7-15-23/h1-19H,20-21H2,(H,31,33)(H,32,34). The number of H-pyrrole nitrogens is 1. The molecule has 0 aliphatic rings. The van der Waals surface area contributed by atoms with Crippen LogP contribution in [0.2, 0.25) is 0 Å². The summed E-state index contributed by atoms with van der Waals surface area (Å²) in [6.07, 6.45) is 0. The smallest absolute Gasteiger partial charge is 0.402 e. The zero-order valence-electron chi connectivity index (χ0n) is 20.8. The third-order valence-corrected chi connectivity index (χ3v) is 7.10. The quantitative estimate of drug-likeness (QED) is 0.191. The Labute approximate surface area is 224 Å². The predicted octanol–water partition coefficient (Wildman–Crippen LogP) is 6.70. The number of fused-ring (bicyclic) bond motifs is 1. The number of aromatic nitrogens is 1. The van der Waals surface area contributed by atoms with E-state index in [4.69, 9.17) is 13.6 Å². The van der Waals surface area contributed by atoms with Gasteiger partial charge in [-0.05, 0) is 35.4 Å². The number of pyridine rings is 1. The number of para-hydroxylation sites is 2. The summed E-state index contributed by atoms with van der Waals surface area (Å²) >= 11 is 0. The lowest BCUT2D eigenvalue weighted by Gasteiger charge is -2.21. The molecule has 0 atom stereocenters. The van der Waals surface area contributed by atoms with Gasteiger partial charge in [-0.3, -0.25) is 18.6 Å². The number of anilines is 1. The predicted molar refractivity (Wildman–Crippen MR) is 150 cm³/mol. The molecule has 0 bridgehead atoms. The molecule has 0 saturated carbocycles. The van der Waals surface area contributed by atoms with Crippen molar-refractivity contribution in [1.29, 1.82) is 0 Å². The van der Waals surface area contributed by atoms with Crippen molar-refractivity contribution in [3.8, 4) is 5.75 Å². The lowest BCUT2D eigenvalue weighted by atomic mass is 10.1. The zero-order chi connectivity index (χ0) is 27.1.